The molecule has 0 saturated heterocycles. The van der Waals surface area contributed by atoms with E-state index in [2.05, 4.69) is 10.2 Å². The minimum atomic E-state index is 0.666. The number of nitrogen functional groups attached to an aromatic ring is 1. The van der Waals surface area contributed by atoms with Gasteiger partial charge in [-0.25, -0.2) is 0 Å². The van der Waals surface area contributed by atoms with E-state index in [-0.39, 0.29) is 0 Å². The highest BCUT2D eigenvalue weighted by atomic mass is 16.5. The van der Waals surface area contributed by atoms with E-state index in [9.17, 15) is 0 Å². The van der Waals surface area contributed by atoms with Crippen LogP contribution in [0.25, 0.3) is 11.3 Å². The molecule has 1 heterocycles. The summed E-state index contributed by atoms with van der Waals surface area (Å²) in [5.41, 5.74) is 7.99. The Labute approximate surface area is 87.7 Å². The number of nitrogens with two attached hydrogens (primary N) is 1. The van der Waals surface area contributed by atoms with Crippen LogP contribution in [0.5, 0.6) is 5.75 Å². The van der Waals surface area contributed by atoms with Gasteiger partial charge in [-0.2, -0.15) is 10.2 Å². The minimum Gasteiger partial charge on any atom is -0.496 e. The van der Waals surface area contributed by atoms with E-state index in [0.29, 0.717) is 11.4 Å². The van der Waals surface area contributed by atoms with Crippen LogP contribution < -0.4 is 10.5 Å². The van der Waals surface area contributed by atoms with Gasteiger partial charge >= 0.3 is 0 Å². The van der Waals surface area contributed by atoms with Gasteiger partial charge in [0.2, 0.25) is 0 Å². The molecule has 2 rings (SSSR count). The Balaban J connectivity index is 2.53. The minimum absolute atomic E-state index is 0.666. The van der Waals surface area contributed by atoms with E-state index < -0.39 is 0 Å². The molecule has 0 radical (unpaired) electrons. The first-order valence-corrected chi connectivity index (χ1v) is 4.53. The van der Waals surface area contributed by atoms with Crippen LogP contribution in [-0.2, 0) is 0 Å². The molecule has 0 unspecified atom stereocenters. The maximum Gasteiger partial charge on any atom is 0.130 e. The van der Waals surface area contributed by atoms with Crippen LogP contribution in [0.1, 0.15) is 0 Å². The molecule has 0 spiro atoms. The second kappa shape index (κ2) is 3.96. The van der Waals surface area contributed by atoms with Crippen LogP contribution in [0.2, 0.25) is 0 Å². The van der Waals surface area contributed by atoms with Crippen molar-refractivity contribution in [2.45, 2.75) is 0 Å². The average molecular weight is 201 g/mol. The Morgan fingerprint density at radius 2 is 2.13 bits per heavy atom. The van der Waals surface area contributed by atoms with Crippen molar-refractivity contribution in [3.63, 3.8) is 0 Å². The summed E-state index contributed by atoms with van der Waals surface area (Å²) in [7, 11) is 1.61. The zero-order valence-corrected chi connectivity index (χ0v) is 8.34. The molecule has 76 valence electrons. The molecule has 0 fully saturated rings. The number of benzene rings is 1. The Kier molecular flexibility index (Phi) is 2.49. The Bertz CT molecular complexity index is 457. The molecule has 4 nitrogen and oxygen atoms in total. The van der Waals surface area contributed by atoms with E-state index in [0.717, 1.165) is 11.3 Å². The zero-order valence-electron chi connectivity index (χ0n) is 8.34. The van der Waals surface area contributed by atoms with Crippen LogP contribution in [-0.4, -0.2) is 17.3 Å². The molecule has 0 atom stereocenters. The summed E-state index contributed by atoms with van der Waals surface area (Å²) in [6, 6.07) is 9.16. The fourth-order valence-corrected chi connectivity index (χ4v) is 1.36. The van der Waals surface area contributed by atoms with Crippen molar-refractivity contribution in [2.75, 3.05) is 12.8 Å². The standard InChI is InChI=1S/C11H11N3O/c1-15-11-7-8(12)4-5-9(11)10-3-2-6-13-14-10/h2-7H,12H2,1H3. The normalized spacial score (nSPS) is 9.93. The van der Waals surface area contributed by atoms with Gasteiger partial charge in [-0.3, -0.25) is 0 Å². The molecule has 0 bridgehead atoms. The third-order valence-electron chi connectivity index (χ3n) is 2.07. The number of hydrogen-bond donors (Lipinski definition) is 1. The van der Waals surface area contributed by atoms with E-state index in [4.69, 9.17) is 10.5 Å². The first-order valence-electron chi connectivity index (χ1n) is 4.53. The summed E-state index contributed by atoms with van der Waals surface area (Å²) >= 11 is 0. The topological polar surface area (TPSA) is 61.0 Å². The van der Waals surface area contributed by atoms with Gasteiger partial charge in [0.05, 0.1) is 12.8 Å². The van der Waals surface area contributed by atoms with Crippen molar-refractivity contribution in [2.24, 2.45) is 0 Å². The van der Waals surface area contributed by atoms with Crippen molar-refractivity contribution in [3.05, 3.63) is 36.5 Å². The van der Waals surface area contributed by atoms with Gasteiger partial charge in [0, 0.05) is 23.5 Å². The van der Waals surface area contributed by atoms with Crippen molar-refractivity contribution in [1.82, 2.24) is 10.2 Å². The maximum absolute atomic E-state index is 5.67. The molecule has 0 amide bonds. The fourth-order valence-electron chi connectivity index (χ4n) is 1.36. The molecule has 4 heteroatoms. The lowest BCUT2D eigenvalue weighted by molar-refractivity contribution is 0.416. The molecular formula is C11H11N3O. The highest BCUT2D eigenvalue weighted by Crippen LogP contribution is 2.29. The Morgan fingerprint density at radius 3 is 2.80 bits per heavy atom. The summed E-state index contributed by atoms with van der Waals surface area (Å²) in [6.45, 7) is 0. The number of rotatable bonds is 2. The molecule has 0 saturated carbocycles. The number of aromatic nitrogens is 2. The number of anilines is 1. The maximum atomic E-state index is 5.67. The quantitative estimate of drug-likeness (QED) is 0.752. The van der Waals surface area contributed by atoms with Crippen LogP contribution >= 0.6 is 0 Å². The predicted octanol–water partition coefficient (Wildman–Crippen LogP) is 1.73. The van der Waals surface area contributed by atoms with Crippen molar-refractivity contribution < 1.29 is 4.74 Å². The number of ether oxygens (including phenoxy) is 1. The largest absolute Gasteiger partial charge is 0.496 e. The number of methoxy groups -OCH3 is 1. The second-order valence-electron chi connectivity index (χ2n) is 3.07. The molecule has 1 aromatic heterocycles. The molecule has 0 aliphatic rings. The number of nitrogens with zero attached hydrogens (tertiary/aromatic N) is 2. The number of hydrogen-bond acceptors (Lipinski definition) is 4. The van der Waals surface area contributed by atoms with Crippen LogP contribution in [0.15, 0.2) is 36.5 Å². The van der Waals surface area contributed by atoms with Gasteiger partial charge in [-0.05, 0) is 24.3 Å². The molecule has 15 heavy (non-hydrogen) atoms. The van der Waals surface area contributed by atoms with E-state index in [1.54, 1.807) is 19.4 Å². The molecular weight excluding hydrogens is 190 g/mol. The SMILES string of the molecule is COc1cc(N)ccc1-c1cccnn1. The van der Waals surface area contributed by atoms with E-state index >= 15 is 0 Å². The summed E-state index contributed by atoms with van der Waals surface area (Å²) in [5, 5.41) is 7.84. The van der Waals surface area contributed by atoms with Gasteiger partial charge in [-0.1, -0.05) is 0 Å². The second-order valence-corrected chi connectivity index (χ2v) is 3.07. The van der Waals surface area contributed by atoms with Crippen LogP contribution in [0.3, 0.4) is 0 Å². The van der Waals surface area contributed by atoms with Crippen molar-refractivity contribution >= 4 is 5.69 Å². The lowest BCUT2D eigenvalue weighted by atomic mass is 10.1. The van der Waals surface area contributed by atoms with E-state index in [1.807, 2.05) is 24.3 Å². The van der Waals surface area contributed by atoms with Crippen LogP contribution in [0, 0.1) is 0 Å². The van der Waals surface area contributed by atoms with Gasteiger partial charge in [0.1, 0.15) is 5.75 Å². The lowest BCUT2D eigenvalue weighted by Gasteiger charge is -2.07. The summed E-state index contributed by atoms with van der Waals surface area (Å²) in [4.78, 5) is 0. The van der Waals surface area contributed by atoms with Crippen molar-refractivity contribution in [1.29, 1.82) is 0 Å². The highest BCUT2D eigenvalue weighted by molar-refractivity contribution is 5.69. The summed E-state index contributed by atoms with van der Waals surface area (Å²) in [6.07, 6.45) is 1.63. The Hall–Kier alpha value is -2.10. The summed E-state index contributed by atoms with van der Waals surface area (Å²) in [5.74, 6) is 0.704. The molecule has 0 aliphatic heterocycles. The van der Waals surface area contributed by atoms with Gasteiger partial charge < -0.3 is 10.5 Å². The first-order chi connectivity index (χ1) is 7.31. The Morgan fingerprint density at radius 1 is 1.27 bits per heavy atom. The molecule has 2 aromatic rings. The van der Waals surface area contributed by atoms with Crippen molar-refractivity contribution in [3.8, 4) is 17.0 Å². The monoisotopic (exact) mass is 201 g/mol. The molecule has 1 aromatic carbocycles. The average Bonchev–Trinajstić information content (AvgIpc) is 2.30. The predicted molar refractivity (Wildman–Crippen MR) is 58.4 cm³/mol. The van der Waals surface area contributed by atoms with Gasteiger partial charge in [0.15, 0.2) is 0 Å². The van der Waals surface area contributed by atoms with E-state index in [1.165, 1.54) is 0 Å². The highest BCUT2D eigenvalue weighted by Gasteiger charge is 2.06. The zero-order chi connectivity index (χ0) is 10.7. The van der Waals surface area contributed by atoms with Crippen LogP contribution in [0.4, 0.5) is 5.69 Å². The third kappa shape index (κ3) is 1.88. The first kappa shape index (κ1) is 9.45. The van der Waals surface area contributed by atoms with Gasteiger partial charge in [-0.15, -0.1) is 0 Å². The lowest BCUT2D eigenvalue weighted by Crippen LogP contribution is -1.93. The fraction of sp³-hybridized carbons (Fsp3) is 0.0909. The van der Waals surface area contributed by atoms with Gasteiger partial charge in [0.25, 0.3) is 0 Å². The summed E-state index contributed by atoms with van der Waals surface area (Å²) < 4.78 is 5.23. The molecule has 0 aliphatic carbocycles. The third-order valence-corrected chi connectivity index (χ3v) is 2.07. The molecule has 2 N–H and O–H groups in total. The smallest absolute Gasteiger partial charge is 0.130 e.